The van der Waals surface area contributed by atoms with Gasteiger partial charge in [0.1, 0.15) is 32.4 Å². The molecule has 3 aromatic heterocycles. The summed E-state index contributed by atoms with van der Waals surface area (Å²) in [7, 11) is 5.65. The van der Waals surface area contributed by atoms with Crippen molar-refractivity contribution in [2.24, 2.45) is 5.73 Å². The zero-order valence-electron chi connectivity index (χ0n) is 19.4. The number of alkyl halides is 1. The van der Waals surface area contributed by atoms with Crippen LogP contribution in [0.3, 0.4) is 0 Å². The number of primary amides is 1. The average Bonchev–Trinajstić information content (AvgIpc) is 3.45. The molecular formula is C24H20BFN8O3. The fraction of sp³-hybridized carbons (Fsp3) is 0.208. The Labute approximate surface area is 211 Å². The predicted octanol–water partition coefficient (Wildman–Crippen LogP) is 0.359. The van der Waals surface area contributed by atoms with E-state index in [-0.39, 0.29) is 36.6 Å². The van der Waals surface area contributed by atoms with Crippen LogP contribution in [0.5, 0.6) is 0 Å². The predicted molar refractivity (Wildman–Crippen MR) is 133 cm³/mol. The molecule has 5 rings (SSSR count). The summed E-state index contributed by atoms with van der Waals surface area (Å²) in [6.45, 7) is -0.574. The number of amides is 3. The van der Waals surface area contributed by atoms with Gasteiger partial charge >= 0.3 is 0 Å². The fourth-order valence-corrected chi connectivity index (χ4v) is 4.38. The van der Waals surface area contributed by atoms with Gasteiger partial charge in [0.15, 0.2) is 5.69 Å². The van der Waals surface area contributed by atoms with Crippen molar-refractivity contribution in [3.05, 3.63) is 60.6 Å². The van der Waals surface area contributed by atoms with Crippen molar-refractivity contribution in [1.82, 2.24) is 29.9 Å². The monoisotopic (exact) mass is 498 g/mol. The highest BCUT2D eigenvalue weighted by Crippen LogP contribution is 2.27. The minimum atomic E-state index is -1.37. The minimum absolute atomic E-state index is 0.0153. The first kappa shape index (κ1) is 24.0. The van der Waals surface area contributed by atoms with Gasteiger partial charge in [0.25, 0.3) is 5.91 Å². The van der Waals surface area contributed by atoms with Crippen LogP contribution in [0.2, 0.25) is 0 Å². The second-order valence-electron chi connectivity index (χ2n) is 8.57. The smallest absolute Gasteiger partial charge is 0.269 e. The van der Waals surface area contributed by atoms with Gasteiger partial charge < -0.3 is 16.0 Å². The van der Waals surface area contributed by atoms with Crippen LogP contribution in [0.15, 0.2) is 54.9 Å². The van der Waals surface area contributed by atoms with E-state index in [9.17, 15) is 18.8 Å². The molecule has 4 heterocycles. The largest absolute Gasteiger partial charge is 0.364 e. The molecule has 0 bridgehead atoms. The molecule has 0 saturated carbocycles. The lowest BCUT2D eigenvalue weighted by atomic mass is 10.0. The lowest BCUT2D eigenvalue weighted by molar-refractivity contribution is -0.137. The molecule has 184 valence electrons. The molecule has 2 radical (unpaired) electrons. The topological polar surface area (TPSA) is 149 Å². The van der Waals surface area contributed by atoms with Crippen LogP contribution in [0.25, 0.3) is 22.0 Å². The number of carbonyl (C=O) groups is 3. The van der Waals surface area contributed by atoms with Gasteiger partial charge in [-0.15, -0.1) is 0 Å². The molecule has 3 N–H and O–H groups in total. The van der Waals surface area contributed by atoms with Gasteiger partial charge in [0.2, 0.25) is 11.8 Å². The van der Waals surface area contributed by atoms with Gasteiger partial charge in [0, 0.05) is 17.4 Å². The molecule has 1 fully saturated rings. The van der Waals surface area contributed by atoms with Gasteiger partial charge in [-0.2, -0.15) is 15.3 Å². The van der Waals surface area contributed by atoms with Crippen LogP contribution in [-0.4, -0.2) is 74.2 Å². The molecule has 1 aromatic carbocycles. The summed E-state index contributed by atoms with van der Waals surface area (Å²) >= 11 is 0. The lowest BCUT2D eigenvalue weighted by Gasteiger charge is -2.23. The first-order chi connectivity index (χ1) is 17.8. The lowest BCUT2D eigenvalue weighted by Crippen LogP contribution is -2.44. The molecule has 0 spiro atoms. The second kappa shape index (κ2) is 9.76. The van der Waals surface area contributed by atoms with E-state index in [1.165, 1.54) is 9.58 Å². The summed E-state index contributed by atoms with van der Waals surface area (Å²) in [5.41, 5.74) is 7.74. The van der Waals surface area contributed by atoms with E-state index in [1.807, 2.05) is 0 Å². The molecule has 1 aliphatic heterocycles. The highest BCUT2D eigenvalue weighted by atomic mass is 19.1. The van der Waals surface area contributed by atoms with Crippen LogP contribution in [-0.2, 0) is 16.1 Å². The van der Waals surface area contributed by atoms with Crippen LogP contribution in [0.4, 0.5) is 10.2 Å². The molecule has 3 amide bonds. The zero-order valence-corrected chi connectivity index (χ0v) is 19.4. The molecule has 4 aromatic rings. The Bertz CT molecular complexity index is 1510. The van der Waals surface area contributed by atoms with E-state index in [4.69, 9.17) is 13.6 Å². The molecule has 11 nitrogen and oxygen atoms in total. The summed E-state index contributed by atoms with van der Waals surface area (Å²) in [5, 5.41) is 14.9. The van der Waals surface area contributed by atoms with Crippen molar-refractivity contribution in [2.75, 3.05) is 11.9 Å². The quantitative estimate of drug-likeness (QED) is 0.365. The third kappa shape index (κ3) is 4.88. The first-order valence-corrected chi connectivity index (χ1v) is 11.3. The van der Waals surface area contributed by atoms with Gasteiger partial charge in [-0.1, -0.05) is 18.2 Å². The summed E-state index contributed by atoms with van der Waals surface area (Å²) in [6, 6.07) is 10.6. The van der Waals surface area contributed by atoms with E-state index in [0.717, 1.165) is 11.1 Å². The van der Waals surface area contributed by atoms with Gasteiger partial charge in [0.05, 0.1) is 24.5 Å². The van der Waals surface area contributed by atoms with Crippen LogP contribution in [0, 0.1) is 0 Å². The maximum atomic E-state index is 14.4. The SMILES string of the molecule is [B]c1cccc(NC(=O)[C@@H]2C[C@@H](F)CN2C(=O)Cn2nc(C(N)=O)c3cc(-c4ccnnc4)ccc32)n1. The van der Waals surface area contributed by atoms with Gasteiger partial charge in [-0.3, -0.25) is 19.1 Å². The second-order valence-corrected chi connectivity index (χ2v) is 8.57. The van der Waals surface area contributed by atoms with Crippen molar-refractivity contribution >= 4 is 47.9 Å². The Morgan fingerprint density at radius 2 is 1.97 bits per heavy atom. The van der Waals surface area contributed by atoms with E-state index in [2.05, 4.69) is 25.6 Å². The number of rotatable bonds is 6. The third-order valence-corrected chi connectivity index (χ3v) is 6.08. The molecular weight excluding hydrogens is 478 g/mol. The number of nitrogens with one attached hydrogen (secondary N) is 1. The minimum Gasteiger partial charge on any atom is -0.364 e. The van der Waals surface area contributed by atoms with Crippen LogP contribution in [0.1, 0.15) is 16.9 Å². The number of hydrogen-bond acceptors (Lipinski definition) is 7. The Balaban J connectivity index is 1.41. The molecule has 0 aliphatic carbocycles. The molecule has 1 saturated heterocycles. The van der Waals surface area contributed by atoms with Crippen molar-refractivity contribution in [3.63, 3.8) is 0 Å². The summed E-state index contributed by atoms with van der Waals surface area (Å²) < 4.78 is 15.7. The number of likely N-dealkylation sites (tertiary alicyclic amines) is 1. The molecule has 0 unspecified atom stereocenters. The van der Waals surface area contributed by atoms with Crippen molar-refractivity contribution in [3.8, 4) is 11.1 Å². The summed E-state index contributed by atoms with van der Waals surface area (Å²) in [4.78, 5) is 43.4. The number of fused-ring (bicyclic) bond motifs is 1. The van der Waals surface area contributed by atoms with Gasteiger partial charge in [-0.05, 0) is 35.4 Å². The molecule has 37 heavy (non-hydrogen) atoms. The highest BCUT2D eigenvalue weighted by Gasteiger charge is 2.40. The summed E-state index contributed by atoms with van der Waals surface area (Å²) in [6.07, 6.45) is 1.58. The Kier molecular flexibility index (Phi) is 6.34. The summed E-state index contributed by atoms with van der Waals surface area (Å²) in [5.74, 6) is -1.68. The number of pyridine rings is 1. The normalized spacial score (nSPS) is 17.2. The number of anilines is 1. The zero-order chi connectivity index (χ0) is 26.1. The molecule has 1 aliphatic rings. The number of nitrogens with zero attached hydrogens (tertiary/aromatic N) is 6. The number of carbonyl (C=O) groups excluding carboxylic acids is 3. The van der Waals surface area contributed by atoms with E-state index in [0.29, 0.717) is 10.9 Å². The average molecular weight is 498 g/mol. The maximum Gasteiger partial charge on any atom is 0.269 e. The number of benzene rings is 1. The van der Waals surface area contributed by atoms with E-state index in [1.54, 1.807) is 54.9 Å². The van der Waals surface area contributed by atoms with Crippen LogP contribution >= 0.6 is 0 Å². The molecule has 13 heteroatoms. The number of hydrogen-bond donors (Lipinski definition) is 2. The van der Waals surface area contributed by atoms with Crippen molar-refractivity contribution in [1.29, 1.82) is 0 Å². The third-order valence-electron chi connectivity index (χ3n) is 6.08. The van der Waals surface area contributed by atoms with Crippen molar-refractivity contribution in [2.45, 2.75) is 25.2 Å². The number of halogens is 1. The van der Waals surface area contributed by atoms with Crippen LogP contribution < -0.4 is 16.6 Å². The Morgan fingerprint density at radius 3 is 2.70 bits per heavy atom. The fourth-order valence-electron chi connectivity index (χ4n) is 4.38. The first-order valence-electron chi connectivity index (χ1n) is 11.3. The Morgan fingerprint density at radius 1 is 1.14 bits per heavy atom. The Hall–Kier alpha value is -4.68. The van der Waals surface area contributed by atoms with E-state index >= 15 is 0 Å². The number of aromatic nitrogens is 5. The van der Waals surface area contributed by atoms with E-state index < -0.39 is 29.9 Å². The highest BCUT2D eigenvalue weighted by molar-refractivity contribution is 6.30. The molecule has 2 atom stereocenters. The van der Waals surface area contributed by atoms with Gasteiger partial charge in [-0.25, -0.2) is 9.37 Å². The van der Waals surface area contributed by atoms with Crippen molar-refractivity contribution < 1.29 is 18.8 Å². The number of nitrogens with two attached hydrogens (primary N) is 1. The maximum absolute atomic E-state index is 14.4. The standard InChI is InChI=1S/C24H20BFN8O3/c25-19-2-1-3-20(30-19)31-24(37)18-9-15(26)11-33(18)21(35)12-34-17-5-4-13(14-6-7-28-29-10-14)8-16(17)22(32-34)23(27)36/h1-8,10,15,18H,9,11-12H2,(H2,27,36)(H,30,31,37)/t15-,18+/m1/s1.